The molecule has 0 aliphatic carbocycles. The zero-order chi connectivity index (χ0) is 10.2. The van der Waals surface area contributed by atoms with Gasteiger partial charge in [-0.3, -0.25) is 4.35 Å². The third kappa shape index (κ3) is 1.37. The predicted molar refractivity (Wildman–Crippen MR) is 63.1 cm³/mol. The first-order chi connectivity index (χ1) is 6.65. The van der Waals surface area contributed by atoms with Gasteiger partial charge in [-0.15, -0.1) is 0 Å². The monoisotopic (exact) mass is 204 g/mol. The number of para-hydroxylation sites is 1. The summed E-state index contributed by atoms with van der Waals surface area (Å²) < 4.78 is 2.25. The van der Waals surface area contributed by atoms with Gasteiger partial charge in [-0.1, -0.05) is 25.1 Å². The van der Waals surface area contributed by atoms with E-state index in [0.717, 1.165) is 0 Å². The topological polar surface area (TPSA) is 17.8 Å². The molecule has 0 bridgehead atoms. The smallest absolute Gasteiger partial charge is 0.179 e. The summed E-state index contributed by atoms with van der Waals surface area (Å²) in [5.41, 5.74) is 1.28. The van der Waals surface area contributed by atoms with Crippen molar-refractivity contribution < 1.29 is 0 Å². The molecule has 0 saturated carbocycles. The molecule has 2 rings (SSSR count). The molecule has 1 aromatic heterocycles. The highest BCUT2D eigenvalue weighted by Crippen LogP contribution is 2.19. The quantitative estimate of drug-likeness (QED) is 0.687. The average molecular weight is 204 g/mol. The van der Waals surface area contributed by atoms with Crippen molar-refractivity contribution in [2.24, 2.45) is 0 Å². The minimum absolute atomic E-state index is 1.22. The number of hydrogen-bond acceptors (Lipinski definition) is 1. The fourth-order valence-electron chi connectivity index (χ4n) is 1.60. The van der Waals surface area contributed by atoms with Crippen LogP contribution in [-0.4, -0.2) is 17.7 Å². The summed E-state index contributed by atoms with van der Waals surface area (Å²) >= 11 is 0. The van der Waals surface area contributed by atoms with E-state index in [1.807, 2.05) is 6.20 Å². The SMILES string of the molecule is CC[Si](C)(C)n1ncc2ccccc21. The Hall–Kier alpha value is -1.09. The number of nitrogens with zero attached hydrogens (tertiary/aromatic N) is 2. The molecule has 0 unspecified atom stereocenters. The Morgan fingerprint density at radius 3 is 2.71 bits per heavy atom. The van der Waals surface area contributed by atoms with E-state index in [0.29, 0.717) is 0 Å². The summed E-state index contributed by atoms with van der Waals surface area (Å²) in [5, 5.41) is 5.77. The highest BCUT2D eigenvalue weighted by atomic mass is 28.3. The highest BCUT2D eigenvalue weighted by Gasteiger charge is 2.23. The van der Waals surface area contributed by atoms with E-state index in [9.17, 15) is 0 Å². The van der Waals surface area contributed by atoms with Crippen LogP contribution in [0.1, 0.15) is 6.92 Å². The Bertz CT molecular complexity index is 445. The van der Waals surface area contributed by atoms with E-state index in [2.05, 4.69) is 53.7 Å². The first-order valence-corrected chi connectivity index (χ1v) is 8.24. The summed E-state index contributed by atoms with van der Waals surface area (Å²) in [4.78, 5) is 0. The molecule has 0 amide bonds. The van der Waals surface area contributed by atoms with Gasteiger partial charge in [0.2, 0.25) is 0 Å². The maximum atomic E-state index is 4.52. The highest BCUT2D eigenvalue weighted by molar-refractivity contribution is 6.76. The second-order valence-corrected chi connectivity index (χ2v) is 9.04. The Balaban J connectivity index is 2.64. The molecule has 74 valence electrons. The molecule has 0 fully saturated rings. The van der Waals surface area contributed by atoms with Crippen LogP contribution in [0.5, 0.6) is 0 Å². The predicted octanol–water partition coefficient (Wildman–Crippen LogP) is 3.11. The number of hydrogen-bond donors (Lipinski definition) is 0. The van der Waals surface area contributed by atoms with E-state index in [4.69, 9.17) is 0 Å². The number of fused-ring (bicyclic) bond motifs is 1. The number of benzene rings is 1. The summed E-state index contributed by atoms with van der Waals surface area (Å²) in [6, 6.07) is 9.65. The van der Waals surface area contributed by atoms with Gasteiger partial charge in [0.15, 0.2) is 8.24 Å². The molecule has 0 N–H and O–H groups in total. The van der Waals surface area contributed by atoms with Gasteiger partial charge in [-0.25, -0.2) is 0 Å². The van der Waals surface area contributed by atoms with Gasteiger partial charge in [-0.2, -0.15) is 5.10 Å². The second kappa shape index (κ2) is 3.24. The molecule has 14 heavy (non-hydrogen) atoms. The van der Waals surface area contributed by atoms with Crippen LogP contribution in [0.4, 0.5) is 0 Å². The lowest BCUT2D eigenvalue weighted by Crippen LogP contribution is -2.36. The van der Waals surface area contributed by atoms with Gasteiger partial charge in [0, 0.05) is 5.39 Å². The fraction of sp³-hybridized carbons (Fsp3) is 0.364. The van der Waals surface area contributed by atoms with Crippen molar-refractivity contribution in [1.29, 1.82) is 0 Å². The van der Waals surface area contributed by atoms with Crippen LogP contribution in [-0.2, 0) is 0 Å². The zero-order valence-corrected chi connectivity index (χ0v) is 9.99. The van der Waals surface area contributed by atoms with E-state index in [-0.39, 0.29) is 0 Å². The van der Waals surface area contributed by atoms with Crippen LogP contribution < -0.4 is 0 Å². The van der Waals surface area contributed by atoms with E-state index < -0.39 is 8.24 Å². The van der Waals surface area contributed by atoms with Gasteiger partial charge in [0.05, 0.1) is 11.7 Å². The minimum Gasteiger partial charge on any atom is -0.294 e. The lowest BCUT2D eigenvalue weighted by Gasteiger charge is -2.21. The number of aromatic nitrogens is 2. The lowest BCUT2D eigenvalue weighted by atomic mass is 10.3. The number of rotatable bonds is 2. The maximum Gasteiger partial charge on any atom is 0.179 e. The van der Waals surface area contributed by atoms with Crippen LogP contribution in [0.3, 0.4) is 0 Å². The van der Waals surface area contributed by atoms with Gasteiger partial charge >= 0.3 is 0 Å². The van der Waals surface area contributed by atoms with Crippen molar-refractivity contribution >= 4 is 19.1 Å². The molecular weight excluding hydrogens is 188 g/mol. The average Bonchev–Trinajstić information content (AvgIpc) is 2.61. The Morgan fingerprint density at radius 2 is 2.00 bits per heavy atom. The second-order valence-electron chi connectivity index (χ2n) is 4.28. The van der Waals surface area contributed by atoms with Crippen molar-refractivity contribution in [2.45, 2.75) is 26.1 Å². The molecule has 2 aromatic rings. The molecule has 0 radical (unpaired) electrons. The largest absolute Gasteiger partial charge is 0.294 e. The minimum atomic E-state index is -1.36. The summed E-state index contributed by atoms with van der Waals surface area (Å²) in [6.45, 7) is 6.96. The van der Waals surface area contributed by atoms with Crippen LogP contribution in [0.25, 0.3) is 10.9 Å². The maximum absolute atomic E-state index is 4.52. The Labute approximate surface area is 85.6 Å². The van der Waals surface area contributed by atoms with E-state index in [1.54, 1.807) is 0 Å². The van der Waals surface area contributed by atoms with Gasteiger partial charge < -0.3 is 0 Å². The van der Waals surface area contributed by atoms with Gasteiger partial charge in [-0.05, 0) is 25.2 Å². The Kier molecular flexibility index (Phi) is 2.19. The Morgan fingerprint density at radius 1 is 1.29 bits per heavy atom. The fourth-order valence-corrected chi connectivity index (χ4v) is 3.13. The molecule has 0 aliphatic rings. The van der Waals surface area contributed by atoms with E-state index >= 15 is 0 Å². The lowest BCUT2D eigenvalue weighted by molar-refractivity contribution is 0.945. The van der Waals surface area contributed by atoms with Crippen LogP contribution in [0, 0.1) is 0 Å². The molecule has 1 heterocycles. The van der Waals surface area contributed by atoms with Crippen molar-refractivity contribution in [2.75, 3.05) is 0 Å². The first-order valence-electron chi connectivity index (χ1n) is 5.08. The molecule has 0 saturated heterocycles. The van der Waals surface area contributed by atoms with Crippen molar-refractivity contribution in [3.63, 3.8) is 0 Å². The van der Waals surface area contributed by atoms with Crippen LogP contribution in [0.15, 0.2) is 30.5 Å². The molecule has 3 heteroatoms. The molecule has 0 atom stereocenters. The van der Waals surface area contributed by atoms with Gasteiger partial charge in [0.1, 0.15) is 0 Å². The van der Waals surface area contributed by atoms with Crippen LogP contribution >= 0.6 is 0 Å². The zero-order valence-electron chi connectivity index (χ0n) is 8.99. The molecule has 1 aromatic carbocycles. The van der Waals surface area contributed by atoms with Crippen LogP contribution in [0.2, 0.25) is 19.1 Å². The molecular formula is C11H16N2Si. The third-order valence-electron chi connectivity index (χ3n) is 2.92. The third-order valence-corrected chi connectivity index (χ3v) is 6.15. The molecule has 2 nitrogen and oxygen atoms in total. The molecule has 0 spiro atoms. The first kappa shape index (κ1) is 9.46. The van der Waals surface area contributed by atoms with E-state index in [1.165, 1.54) is 16.9 Å². The standard InChI is InChI=1S/C11H16N2Si/c1-4-14(2,3)13-11-8-6-5-7-10(11)9-12-13/h5-9H,4H2,1-3H3. The summed E-state index contributed by atoms with van der Waals surface area (Å²) in [6.07, 6.45) is 1.97. The van der Waals surface area contributed by atoms with Crippen molar-refractivity contribution in [3.8, 4) is 0 Å². The summed E-state index contributed by atoms with van der Waals surface area (Å²) in [5.74, 6) is 0. The normalized spacial score (nSPS) is 12.2. The summed E-state index contributed by atoms with van der Waals surface area (Å²) in [7, 11) is -1.36. The van der Waals surface area contributed by atoms with Crippen molar-refractivity contribution in [3.05, 3.63) is 30.5 Å². The molecule has 0 aliphatic heterocycles. The van der Waals surface area contributed by atoms with Gasteiger partial charge in [0.25, 0.3) is 0 Å². The van der Waals surface area contributed by atoms with Crippen molar-refractivity contribution in [1.82, 2.24) is 9.45 Å².